The fourth-order valence-electron chi connectivity index (χ4n) is 6.08. The van der Waals surface area contributed by atoms with Crippen LogP contribution in [0.5, 0.6) is 5.75 Å². The monoisotopic (exact) mass is 739 g/mol. The average Bonchev–Trinajstić information content (AvgIpc) is 3.18. The smallest absolute Gasteiger partial charge is 0.407 e. The van der Waals surface area contributed by atoms with Gasteiger partial charge in [-0.2, -0.15) is 0 Å². The van der Waals surface area contributed by atoms with Gasteiger partial charge in [-0.05, 0) is 95.4 Å². The number of rotatable bonds is 31. The minimum Gasteiger partial charge on any atom is -0.492 e. The van der Waals surface area contributed by atoms with E-state index in [1.54, 1.807) is 0 Å². The summed E-state index contributed by atoms with van der Waals surface area (Å²) in [5.41, 5.74) is 2.20. The Labute approximate surface area is 320 Å². The third kappa shape index (κ3) is 21.6. The average molecular weight is 739 g/mol. The van der Waals surface area contributed by atoms with E-state index in [0.29, 0.717) is 26.2 Å². The minimum absolute atomic E-state index is 0.0681. The third-order valence-corrected chi connectivity index (χ3v) is 9.40. The normalized spacial score (nSPS) is 12.2. The number of amides is 3. The number of carbonyl (C=O) groups excluding carboxylic acids is 3. The molecule has 0 aliphatic carbocycles. The Bertz CT molecular complexity index is 1190. The van der Waals surface area contributed by atoms with Crippen LogP contribution >= 0.6 is 0 Å². The number of aryl methyl sites for hydroxylation is 1. The summed E-state index contributed by atoms with van der Waals surface area (Å²) in [5, 5.41) is 15.4. The van der Waals surface area contributed by atoms with Gasteiger partial charge in [0.1, 0.15) is 19.0 Å². The van der Waals surface area contributed by atoms with E-state index >= 15 is 0 Å². The molecule has 0 saturated carbocycles. The molecule has 53 heavy (non-hydrogen) atoms. The zero-order valence-electron chi connectivity index (χ0n) is 33.2. The van der Waals surface area contributed by atoms with Crippen molar-refractivity contribution in [2.45, 2.75) is 116 Å². The summed E-state index contributed by atoms with van der Waals surface area (Å²) in [5.74, 6) is 0.968. The predicted octanol–water partition coefficient (Wildman–Crippen LogP) is 5.97. The minimum atomic E-state index is -0.390. The molecule has 11 nitrogen and oxygen atoms in total. The number of nitrogens with zero attached hydrogens (tertiary/aromatic N) is 1. The highest BCUT2D eigenvalue weighted by atomic mass is 16.5. The molecule has 2 rings (SSSR count). The van der Waals surface area contributed by atoms with Gasteiger partial charge in [0.2, 0.25) is 11.8 Å². The number of alkyl carbamates (subject to hydrolysis) is 1. The lowest BCUT2D eigenvalue weighted by atomic mass is 10.1. The molecule has 2 aromatic carbocycles. The van der Waals surface area contributed by atoms with Crippen molar-refractivity contribution in [1.29, 1.82) is 0 Å². The van der Waals surface area contributed by atoms with E-state index in [1.807, 2.05) is 56.6 Å². The molecule has 0 unspecified atom stereocenters. The van der Waals surface area contributed by atoms with Crippen molar-refractivity contribution in [2.24, 2.45) is 0 Å². The van der Waals surface area contributed by atoms with Crippen molar-refractivity contribution in [1.82, 2.24) is 31.5 Å². The van der Waals surface area contributed by atoms with Gasteiger partial charge in [-0.3, -0.25) is 14.5 Å². The molecule has 298 valence electrons. The summed E-state index contributed by atoms with van der Waals surface area (Å²) in [7, 11) is 3.70. The number of ether oxygens (including phenoxy) is 2. The standard InChI is InChI=1S/C42H70N6O5/c1-5-7-10-21-38(43-3)40(49)45-28-16-30-48(31-17-29-46-41(50)39(44-4)22-11-8-6-2)32-33-52-37-25-23-35(24-26-37)18-14-15-27-47-42(51)53-34-36-19-12-9-13-20-36/h9,12-13,19-20,23-26,38-39,43-44H,5-8,10-11,14-18,21-22,27-34H2,1-4H3,(H,45,49)(H,46,50)(H,47,51)/t38-,39-/m0/s1. The molecule has 0 aliphatic heterocycles. The number of nitrogens with one attached hydrogen (secondary N) is 5. The van der Waals surface area contributed by atoms with Crippen LogP contribution < -0.4 is 31.3 Å². The van der Waals surface area contributed by atoms with Crippen LogP contribution in [-0.2, 0) is 27.4 Å². The summed E-state index contributed by atoms with van der Waals surface area (Å²) < 4.78 is 11.4. The Balaban J connectivity index is 1.74. The van der Waals surface area contributed by atoms with Crippen LogP contribution in [0.2, 0.25) is 0 Å². The first-order valence-electron chi connectivity index (χ1n) is 20.2. The van der Waals surface area contributed by atoms with Gasteiger partial charge < -0.3 is 36.1 Å². The van der Waals surface area contributed by atoms with Crippen molar-refractivity contribution in [2.75, 3.05) is 60.0 Å². The molecule has 0 bridgehead atoms. The Morgan fingerprint density at radius 1 is 0.623 bits per heavy atom. The Morgan fingerprint density at radius 3 is 1.74 bits per heavy atom. The third-order valence-electron chi connectivity index (χ3n) is 9.40. The van der Waals surface area contributed by atoms with E-state index in [1.165, 1.54) is 5.56 Å². The van der Waals surface area contributed by atoms with Crippen LogP contribution in [0.25, 0.3) is 0 Å². The summed E-state index contributed by atoms with van der Waals surface area (Å²) in [4.78, 5) is 39.7. The second-order valence-electron chi connectivity index (χ2n) is 13.7. The van der Waals surface area contributed by atoms with Crippen LogP contribution in [-0.4, -0.2) is 94.9 Å². The molecular weight excluding hydrogens is 668 g/mol. The van der Waals surface area contributed by atoms with Crippen molar-refractivity contribution in [3.05, 3.63) is 65.7 Å². The van der Waals surface area contributed by atoms with Crippen molar-refractivity contribution in [3.8, 4) is 5.75 Å². The second-order valence-corrected chi connectivity index (χ2v) is 13.7. The predicted molar refractivity (Wildman–Crippen MR) is 215 cm³/mol. The Kier molecular flexibility index (Phi) is 25.5. The van der Waals surface area contributed by atoms with Crippen LogP contribution in [0.15, 0.2) is 54.6 Å². The molecule has 11 heteroatoms. The van der Waals surface area contributed by atoms with Crippen LogP contribution in [0, 0.1) is 0 Å². The first-order valence-corrected chi connectivity index (χ1v) is 20.2. The van der Waals surface area contributed by atoms with Crippen molar-refractivity contribution >= 4 is 17.9 Å². The van der Waals surface area contributed by atoms with Gasteiger partial charge in [-0.1, -0.05) is 94.8 Å². The van der Waals surface area contributed by atoms with Gasteiger partial charge in [-0.15, -0.1) is 0 Å². The number of hydrogen-bond acceptors (Lipinski definition) is 8. The van der Waals surface area contributed by atoms with Crippen molar-refractivity contribution < 1.29 is 23.9 Å². The summed E-state index contributed by atoms with van der Waals surface area (Å²) in [6.07, 6.45) is 12.4. The van der Waals surface area contributed by atoms with Crippen LogP contribution in [0.4, 0.5) is 4.79 Å². The zero-order chi connectivity index (χ0) is 38.4. The van der Waals surface area contributed by atoms with E-state index < -0.39 is 0 Å². The largest absolute Gasteiger partial charge is 0.492 e. The zero-order valence-corrected chi connectivity index (χ0v) is 33.2. The lowest BCUT2D eigenvalue weighted by molar-refractivity contribution is -0.124. The van der Waals surface area contributed by atoms with Crippen molar-refractivity contribution in [3.63, 3.8) is 0 Å². The number of hydrogen-bond donors (Lipinski definition) is 5. The molecule has 5 N–H and O–H groups in total. The number of benzene rings is 2. The van der Waals surface area contributed by atoms with Crippen LogP contribution in [0.3, 0.4) is 0 Å². The lowest BCUT2D eigenvalue weighted by Gasteiger charge is -2.23. The molecule has 2 aromatic rings. The van der Waals surface area contributed by atoms with E-state index in [2.05, 4.69) is 57.5 Å². The highest BCUT2D eigenvalue weighted by Crippen LogP contribution is 2.14. The van der Waals surface area contributed by atoms with Gasteiger partial charge in [-0.25, -0.2) is 4.79 Å². The first-order chi connectivity index (χ1) is 25.9. The topological polar surface area (TPSA) is 133 Å². The molecule has 0 aliphatic rings. The van der Waals surface area contributed by atoms with E-state index in [0.717, 1.165) is 114 Å². The molecule has 0 saturated heterocycles. The summed E-state index contributed by atoms with van der Waals surface area (Å²) in [6.45, 7) is 9.37. The maximum atomic E-state index is 12.7. The summed E-state index contributed by atoms with van der Waals surface area (Å²) >= 11 is 0. The van der Waals surface area contributed by atoms with Gasteiger partial charge in [0.15, 0.2) is 0 Å². The maximum absolute atomic E-state index is 12.7. The van der Waals surface area contributed by atoms with E-state index in [9.17, 15) is 14.4 Å². The molecule has 0 heterocycles. The maximum Gasteiger partial charge on any atom is 0.407 e. The SMILES string of the molecule is CCCCC[C@H](NC)C(=O)NCCCN(CCCNC(=O)[C@H](CCCCC)NC)CCOc1ccc(CCCCNC(=O)OCc2ccccc2)cc1. The molecule has 2 atom stereocenters. The molecule has 0 aromatic heterocycles. The number of likely N-dealkylation sites (N-methyl/N-ethyl adjacent to an activating group) is 2. The van der Waals surface area contributed by atoms with Gasteiger partial charge in [0.05, 0.1) is 12.1 Å². The Hall–Kier alpha value is -3.67. The highest BCUT2D eigenvalue weighted by molar-refractivity contribution is 5.82. The lowest BCUT2D eigenvalue weighted by Crippen LogP contribution is -2.44. The van der Waals surface area contributed by atoms with Gasteiger partial charge in [0.25, 0.3) is 0 Å². The quantitative estimate of drug-likeness (QED) is 0.0599. The Morgan fingerprint density at radius 2 is 1.19 bits per heavy atom. The molecule has 0 fully saturated rings. The van der Waals surface area contributed by atoms with Gasteiger partial charge >= 0.3 is 6.09 Å². The number of unbranched alkanes of at least 4 members (excludes halogenated alkanes) is 5. The number of carbonyl (C=O) groups is 3. The molecule has 0 spiro atoms. The summed E-state index contributed by atoms with van der Waals surface area (Å²) in [6, 6.07) is 17.6. The fraction of sp³-hybridized carbons (Fsp3) is 0.643. The fourth-order valence-corrected chi connectivity index (χ4v) is 6.08. The van der Waals surface area contributed by atoms with E-state index in [4.69, 9.17) is 9.47 Å². The van der Waals surface area contributed by atoms with Crippen LogP contribution in [0.1, 0.15) is 102 Å². The van der Waals surface area contributed by atoms with E-state index in [-0.39, 0.29) is 36.6 Å². The molecular formula is C42H70N6O5. The molecule has 0 radical (unpaired) electrons. The van der Waals surface area contributed by atoms with Gasteiger partial charge in [0, 0.05) is 26.2 Å². The first kappa shape index (κ1) is 45.5. The highest BCUT2D eigenvalue weighted by Gasteiger charge is 2.17. The molecule has 3 amide bonds. The second kappa shape index (κ2) is 29.7.